The summed E-state index contributed by atoms with van der Waals surface area (Å²) in [7, 11) is 16.3. The fourth-order valence-electron chi connectivity index (χ4n) is 14.5. The van der Waals surface area contributed by atoms with Gasteiger partial charge in [-0.3, -0.25) is 4.79 Å². The van der Waals surface area contributed by atoms with Gasteiger partial charge in [0.1, 0.15) is 59.2 Å². The monoisotopic (exact) mass is 1730 g/mol. The van der Waals surface area contributed by atoms with E-state index in [1.165, 1.54) is 23.6 Å². The van der Waals surface area contributed by atoms with Gasteiger partial charge < -0.3 is 86.4 Å². The van der Waals surface area contributed by atoms with Crippen LogP contribution in [0.3, 0.4) is 0 Å². The maximum absolute atomic E-state index is 11.5. The standard InChI is InChI=1S/C53H68O10.C24H32O5.C23H32O4.6CH4/c1-12-35(2)36-13-19-48(20-14-36)62-21-22-63-51-41(33-60-10)27-47(28-42(51)34-61-11)53(5,46-25-39(31-58-8)50(55)40(26-46)32-59-9)44-17-15-43(16-18-44)52(3,4)45-23-37(29-56-6)49(54)38(24-45)30-57-7;1-6-17(2)20-7-9-23(10-8-20)28-12-11-19-13-21(15-26-4)24(29-18(3)25)22(14-19)16-27-5;1-6-23(2,3)20-7-9-21(10-8-20)27-12-11-17-13-18(15-25-4)22(24)19(14-17)16-26-5;;;;;;/h13-20,23-28,35,54-55H,12,21-22,29-34H2,1-11H3;7-10,13-14,17H,6,11-12,15-16H2,1-5H3;7-10,13-14,24H,6,11-12,15-16H2,1-5H3;6*1H4. The number of phenolic OH excluding ortho intramolecular Hbond substituents is 3. The van der Waals surface area contributed by atoms with Crippen LogP contribution in [-0.2, 0) is 147 Å². The average molecular weight is 1730 g/mol. The van der Waals surface area contributed by atoms with Crippen LogP contribution < -0.4 is 23.7 Å². The number of hydrogen-bond donors (Lipinski definition) is 3. The second kappa shape index (κ2) is 56.7. The van der Waals surface area contributed by atoms with Gasteiger partial charge in [0.15, 0.2) is 0 Å². The molecule has 9 rings (SSSR count). The van der Waals surface area contributed by atoms with Crippen LogP contribution in [0.2, 0.25) is 0 Å². The molecule has 0 radical (unpaired) electrons. The first-order valence-electron chi connectivity index (χ1n) is 41.0. The molecule has 0 saturated carbocycles. The van der Waals surface area contributed by atoms with Crippen LogP contribution in [0.5, 0.6) is 46.0 Å². The van der Waals surface area contributed by atoms with Gasteiger partial charge in [-0.1, -0.05) is 168 Å². The molecule has 0 aromatic heterocycles. The third-order valence-electron chi connectivity index (χ3n) is 22.3. The Kier molecular flexibility index (Phi) is 51.5. The van der Waals surface area contributed by atoms with Crippen LogP contribution >= 0.6 is 0 Å². The summed E-state index contributed by atoms with van der Waals surface area (Å²) in [6, 6.07) is 53.9. The quantitative estimate of drug-likeness (QED) is 0.0140. The maximum Gasteiger partial charge on any atom is 0.308 e. The number of aromatic hydroxyl groups is 3. The Hall–Kier alpha value is -9.35. The molecule has 0 amide bonds. The van der Waals surface area contributed by atoms with Gasteiger partial charge >= 0.3 is 5.97 Å². The van der Waals surface area contributed by atoms with E-state index < -0.39 is 10.8 Å². The fraction of sp³-hybridized carbons (Fsp3) is 0.481. The summed E-state index contributed by atoms with van der Waals surface area (Å²) in [5, 5.41) is 32.7. The molecule has 0 aliphatic heterocycles. The van der Waals surface area contributed by atoms with E-state index in [1.807, 2.05) is 84.9 Å². The zero-order valence-electron chi connectivity index (χ0n) is 74.5. The van der Waals surface area contributed by atoms with E-state index >= 15 is 0 Å². The fourth-order valence-corrected chi connectivity index (χ4v) is 14.5. The molecule has 3 unspecified atom stereocenters. The zero-order valence-corrected chi connectivity index (χ0v) is 74.5. The number of benzene rings is 9. The van der Waals surface area contributed by atoms with E-state index in [0.717, 1.165) is 122 Å². The highest BCUT2D eigenvalue weighted by molar-refractivity contribution is 5.71. The van der Waals surface area contributed by atoms with Crippen molar-refractivity contribution < 1.29 is 91.2 Å². The highest BCUT2D eigenvalue weighted by Crippen LogP contribution is 2.46. The van der Waals surface area contributed by atoms with Gasteiger partial charge in [-0.2, -0.15) is 0 Å². The molecule has 19 heteroatoms. The third-order valence-corrected chi connectivity index (χ3v) is 22.3. The summed E-state index contributed by atoms with van der Waals surface area (Å²) in [6.45, 7) is 28.3. The molecule has 694 valence electrons. The van der Waals surface area contributed by atoms with Crippen molar-refractivity contribution in [3.8, 4) is 46.0 Å². The number of methoxy groups -OCH3 is 10. The number of carbonyl (C=O) groups is 1. The molecule has 0 heterocycles. The van der Waals surface area contributed by atoms with E-state index in [9.17, 15) is 20.1 Å². The molecule has 3 N–H and O–H groups in total. The topological polar surface area (TPSA) is 216 Å². The molecule has 125 heavy (non-hydrogen) atoms. The van der Waals surface area contributed by atoms with Crippen LogP contribution in [0.15, 0.2) is 158 Å². The molecule has 19 nitrogen and oxygen atoms in total. The van der Waals surface area contributed by atoms with Gasteiger partial charge in [0.25, 0.3) is 0 Å². The van der Waals surface area contributed by atoms with E-state index in [1.54, 1.807) is 71.1 Å². The highest BCUT2D eigenvalue weighted by Gasteiger charge is 2.36. The summed E-state index contributed by atoms with van der Waals surface area (Å²) in [4.78, 5) is 11.5. The minimum absolute atomic E-state index is 0. The first kappa shape index (κ1) is 114. The summed E-state index contributed by atoms with van der Waals surface area (Å²) in [5.74, 6) is 5.01. The van der Waals surface area contributed by atoms with Crippen LogP contribution in [0.1, 0.15) is 263 Å². The van der Waals surface area contributed by atoms with Gasteiger partial charge in [-0.25, -0.2) is 0 Å². The summed E-state index contributed by atoms with van der Waals surface area (Å²) in [5.41, 5.74) is 17.7. The van der Waals surface area contributed by atoms with Gasteiger partial charge in [-0.05, 0) is 196 Å². The second-order valence-electron chi connectivity index (χ2n) is 31.6. The molecular formula is C106H156O19. The van der Waals surface area contributed by atoms with Crippen molar-refractivity contribution in [2.75, 3.05) is 97.5 Å². The molecule has 9 aromatic rings. The van der Waals surface area contributed by atoms with Gasteiger partial charge in [0, 0.05) is 157 Å². The lowest BCUT2D eigenvalue weighted by molar-refractivity contribution is -0.132. The van der Waals surface area contributed by atoms with Crippen molar-refractivity contribution in [1.82, 2.24) is 0 Å². The van der Waals surface area contributed by atoms with E-state index in [0.29, 0.717) is 112 Å². The third kappa shape index (κ3) is 31.6. The van der Waals surface area contributed by atoms with Crippen molar-refractivity contribution >= 4 is 5.97 Å². The molecule has 0 spiro atoms. The Morgan fingerprint density at radius 2 is 0.584 bits per heavy atom. The van der Waals surface area contributed by atoms with Crippen molar-refractivity contribution in [3.05, 3.63) is 269 Å². The van der Waals surface area contributed by atoms with E-state index in [4.69, 9.17) is 71.1 Å². The minimum Gasteiger partial charge on any atom is -0.507 e. The summed E-state index contributed by atoms with van der Waals surface area (Å²) in [6.07, 6.45) is 4.77. The number of phenols is 3. The van der Waals surface area contributed by atoms with Crippen LogP contribution in [0.25, 0.3) is 0 Å². The lowest BCUT2D eigenvalue weighted by atomic mass is 9.68. The van der Waals surface area contributed by atoms with E-state index in [2.05, 4.69) is 142 Å². The van der Waals surface area contributed by atoms with Gasteiger partial charge in [0.05, 0.1) is 79.3 Å². The minimum atomic E-state index is -0.786. The van der Waals surface area contributed by atoms with Crippen molar-refractivity contribution in [2.45, 2.75) is 247 Å². The number of rotatable bonds is 45. The number of ether oxygens (including phenoxy) is 15. The Morgan fingerprint density at radius 1 is 0.320 bits per heavy atom. The smallest absolute Gasteiger partial charge is 0.308 e. The first-order chi connectivity index (χ1) is 57.2. The molecule has 0 saturated heterocycles. The largest absolute Gasteiger partial charge is 0.507 e. The van der Waals surface area contributed by atoms with Gasteiger partial charge in [0.2, 0.25) is 0 Å². The van der Waals surface area contributed by atoms with Crippen molar-refractivity contribution in [2.24, 2.45) is 0 Å². The van der Waals surface area contributed by atoms with Gasteiger partial charge in [-0.15, -0.1) is 0 Å². The molecule has 0 fully saturated rings. The number of esters is 1. The van der Waals surface area contributed by atoms with Crippen LogP contribution in [0.4, 0.5) is 0 Å². The molecule has 0 aliphatic rings. The zero-order chi connectivity index (χ0) is 86.8. The predicted octanol–water partition coefficient (Wildman–Crippen LogP) is 24.5. The Balaban J connectivity index is 0.00000105. The van der Waals surface area contributed by atoms with Crippen LogP contribution in [0, 0.1) is 0 Å². The Morgan fingerprint density at radius 3 is 0.904 bits per heavy atom. The lowest BCUT2D eigenvalue weighted by Crippen LogP contribution is -2.27. The first-order valence-corrected chi connectivity index (χ1v) is 41.0. The lowest BCUT2D eigenvalue weighted by Gasteiger charge is -2.35. The van der Waals surface area contributed by atoms with Crippen molar-refractivity contribution in [3.63, 3.8) is 0 Å². The molecular weight excluding hydrogens is 1580 g/mol. The molecule has 0 aliphatic carbocycles. The molecule has 0 bridgehead atoms. The summed E-state index contributed by atoms with van der Waals surface area (Å²) < 4.78 is 84.6. The Bertz CT molecular complexity index is 4440. The molecule has 9 aromatic carbocycles. The van der Waals surface area contributed by atoms with Crippen molar-refractivity contribution in [1.29, 1.82) is 0 Å². The number of carbonyl (C=O) groups excluding carboxylic acids is 1. The second-order valence-corrected chi connectivity index (χ2v) is 31.6. The average Bonchev–Trinajstić information content (AvgIpc) is 0.725. The Labute approximate surface area is 752 Å². The highest BCUT2D eigenvalue weighted by atomic mass is 16.5. The van der Waals surface area contributed by atoms with E-state index in [-0.39, 0.29) is 99.6 Å². The predicted molar refractivity (Wildman–Crippen MR) is 510 cm³/mol. The normalized spacial score (nSPS) is 11.9. The SMILES string of the molecule is C.C.C.C.C.C.CCC(C)(C)c1ccc(OCCc2cc(COC)c(O)c(COC)c2)cc1.CCC(C)c1ccc(OCCOc2c(COC)cc(C(C)(c3ccc(C(C)(C)c4cc(COC)c(O)c(COC)c4)cc3)c3cc(COC)c(O)c(COC)c3)cc2COC)cc1.CCC(C)c1ccc(OCCc2cc(COC)c(OC(C)=O)c(COC)c2)cc1. The van der Waals surface area contributed by atoms with Crippen LogP contribution in [-0.4, -0.2) is 119 Å². The number of hydrogen-bond acceptors (Lipinski definition) is 19. The summed E-state index contributed by atoms with van der Waals surface area (Å²) >= 11 is 0. The molecule has 3 atom stereocenters. The maximum atomic E-state index is 11.5.